The molecule has 0 saturated heterocycles. The van der Waals surface area contributed by atoms with E-state index >= 15 is 0 Å². The lowest BCUT2D eigenvalue weighted by Crippen LogP contribution is -2.10. The summed E-state index contributed by atoms with van der Waals surface area (Å²) in [5, 5.41) is 19.5. The molecule has 6 nitrogen and oxygen atoms in total. The Labute approximate surface area is 106 Å². The number of anilines is 1. The van der Waals surface area contributed by atoms with E-state index in [1.54, 1.807) is 0 Å². The zero-order valence-corrected chi connectivity index (χ0v) is 9.64. The minimum Gasteiger partial charge on any atom is -0.478 e. The zero-order valence-electron chi connectivity index (χ0n) is 8.88. The highest BCUT2D eigenvalue weighted by molar-refractivity contribution is 6.34. The lowest BCUT2D eigenvalue weighted by Gasteiger charge is -2.05. The van der Waals surface area contributed by atoms with Crippen LogP contribution in [0, 0.1) is 0 Å². The molecule has 3 N–H and O–H groups in total. The molecule has 0 spiro atoms. The van der Waals surface area contributed by atoms with Crippen molar-refractivity contribution in [3.63, 3.8) is 0 Å². The van der Waals surface area contributed by atoms with Gasteiger partial charge in [0.2, 0.25) is 5.91 Å². The van der Waals surface area contributed by atoms with E-state index in [0.29, 0.717) is 6.08 Å². The number of aromatic carboxylic acids is 1. The van der Waals surface area contributed by atoms with E-state index in [1.165, 1.54) is 18.2 Å². The molecule has 0 aliphatic heterocycles. The van der Waals surface area contributed by atoms with Crippen LogP contribution in [0.3, 0.4) is 0 Å². The monoisotopic (exact) mass is 269 g/mol. The van der Waals surface area contributed by atoms with Gasteiger partial charge in [0.05, 0.1) is 16.3 Å². The van der Waals surface area contributed by atoms with E-state index in [0.717, 1.165) is 6.08 Å². The molecule has 0 fully saturated rings. The summed E-state index contributed by atoms with van der Waals surface area (Å²) in [6.45, 7) is 0. The second-order valence-corrected chi connectivity index (χ2v) is 3.57. The number of hydrogen-bond donors (Lipinski definition) is 3. The van der Waals surface area contributed by atoms with Crippen molar-refractivity contribution < 1.29 is 24.6 Å². The number of rotatable bonds is 4. The van der Waals surface area contributed by atoms with Crippen molar-refractivity contribution in [2.45, 2.75) is 0 Å². The van der Waals surface area contributed by atoms with Crippen LogP contribution in [0.1, 0.15) is 10.4 Å². The summed E-state index contributed by atoms with van der Waals surface area (Å²) < 4.78 is 0. The van der Waals surface area contributed by atoms with Crippen molar-refractivity contribution >= 4 is 35.1 Å². The fourth-order valence-corrected chi connectivity index (χ4v) is 1.24. The molecule has 1 aromatic carbocycles. The summed E-state index contributed by atoms with van der Waals surface area (Å²) in [4.78, 5) is 32.2. The molecule has 1 rings (SSSR count). The Hall–Kier alpha value is -2.34. The molecule has 0 aromatic heterocycles. The van der Waals surface area contributed by atoms with E-state index < -0.39 is 17.8 Å². The minimum absolute atomic E-state index is 0.0445. The summed E-state index contributed by atoms with van der Waals surface area (Å²) in [6, 6.07) is 3.78. The standard InChI is InChI=1S/C11H8ClNO5/c12-7-2-1-6(11(17)18)5-8(7)13-9(14)3-4-10(15)16/h1-5H,(H,13,14)(H,15,16)(H,17,18). The van der Waals surface area contributed by atoms with Gasteiger partial charge in [-0.15, -0.1) is 0 Å². The Morgan fingerprint density at radius 1 is 1.17 bits per heavy atom. The van der Waals surface area contributed by atoms with Crippen molar-refractivity contribution in [2.24, 2.45) is 0 Å². The Bertz CT molecular complexity index is 538. The first-order valence-electron chi connectivity index (χ1n) is 4.65. The van der Waals surface area contributed by atoms with E-state index in [-0.39, 0.29) is 16.3 Å². The Kier molecular flexibility index (Phi) is 4.45. The molecule has 94 valence electrons. The maximum Gasteiger partial charge on any atom is 0.335 e. The third-order valence-electron chi connectivity index (χ3n) is 1.85. The molecule has 0 saturated carbocycles. The van der Waals surface area contributed by atoms with Gasteiger partial charge in [-0.3, -0.25) is 4.79 Å². The predicted molar refractivity (Wildman–Crippen MR) is 63.8 cm³/mol. The molecule has 7 heteroatoms. The van der Waals surface area contributed by atoms with Crippen molar-refractivity contribution in [3.8, 4) is 0 Å². The maximum absolute atomic E-state index is 11.3. The van der Waals surface area contributed by atoms with Crippen LogP contribution in [0.15, 0.2) is 30.4 Å². The molecule has 0 atom stereocenters. The number of nitrogens with one attached hydrogen (secondary N) is 1. The summed E-state index contributed by atoms with van der Waals surface area (Å²) in [6.07, 6.45) is 1.45. The van der Waals surface area contributed by atoms with Gasteiger partial charge in [0, 0.05) is 12.2 Å². The smallest absolute Gasteiger partial charge is 0.335 e. The first-order valence-corrected chi connectivity index (χ1v) is 5.03. The lowest BCUT2D eigenvalue weighted by atomic mass is 10.2. The molecular formula is C11H8ClNO5. The third-order valence-corrected chi connectivity index (χ3v) is 2.18. The Morgan fingerprint density at radius 3 is 2.39 bits per heavy atom. The molecule has 18 heavy (non-hydrogen) atoms. The van der Waals surface area contributed by atoms with Crippen LogP contribution in [-0.4, -0.2) is 28.1 Å². The number of amides is 1. The average Bonchev–Trinajstić information content (AvgIpc) is 2.29. The first-order chi connectivity index (χ1) is 8.40. The molecular weight excluding hydrogens is 262 g/mol. The van der Waals surface area contributed by atoms with E-state index in [1.807, 2.05) is 0 Å². The number of hydrogen-bond acceptors (Lipinski definition) is 3. The Balaban J connectivity index is 2.90. The Morgan fingerprint density at radius 2 is 1.83 bits per heavy atom. The summed E-state index contributed by atoms with van der Waals surface area (Å²) in [5.41, 5.74) is 0.0496. The largest absolute Gasteiger partial charge is 0.478 e. The van der Waals surface area contributed by atoms with E-state index in [4.69, 9.17) is 21.8 Å². The molecule has 0 aliphatic carbocycles. The predicted octanol–water partition coefficient (Wildman–Crippen LogP) is 1.62. The topological polar surface area (TPSA) is 104 Å². The summed E-state index contributed by atoms with van der Waals surface area (Å²) >= 11 is 5.76. The van der Waals surface area contributed by atoms with Crippen LogP contribution in [-0.2, 0) is 9.59 Å². The molecule has 0 aliphatic rings. The maximum atomic E-state index is 11.3. The molecule has 0 bridgehead atoms. The molecule has 0 unspecified atom stereocenters. The van der Waals surface area contributed by atoms with Crippen LogP contribution < -0.4 is 5.32 Å². The van der Waals surface area contributed by atoms with Gasteiger partial charge in [0.1, 0.15) is 0 Å². The van der Waals surface area contributed by atoms with Crippen LogP contribution >= 0.6 is 11.6 Å². The summed E-state index contributed by atoms with van der Waals surface area (Å²) in [7, 11) is 0. The lowest BCUT2D eigenvalue weighted by molar-refractivity contribution is -0.131. The SMILES string of the molecule is O=C(O)C=CC(=O)Nc1cc(C(=O)O)ccc1Cl. The second kappa shape index (κ2) is 5.83. The number of carbonyl (C=O) groups excluding carboxylic acids is 1. The highest BCUT2D eigenvalue weighted by atomic mass is 35.5. The van der Waals surface area contributed by atoms with Crippen LogP contribution in [0.4, 0.5) is 5.69 Å². The van der Waals surface area contributed by atoms with Gasteiger partial charge in [-0.05, 0) is 18.2 Å². The normalized spacial score (nSPS) is 10.3. The van der Waals surface area contributed by atoms with Gasteiger partial charge in [0.15, 0.2) is 0 Å². The number of benzene rings is 1. The van der Waals surface area contributed by atoms with E-state index in [2.05, 4.69) is 5.32 Å². The zero-order chi connectivity index (χ0) is 13.7. The van der Waals surface area contributed by atoms with Crippen molar-refractivity contribution in [2.75, 3.05) is 5.32 Å². The van der Waals surface area contributed by atoms with Crippen LogP contribution in [0.5, 0.6) is 0 Å². The molecule has 1 amide bonds. The molecule has 0 heterocycles. The van der Waals surface area contributed by atoms with Crippen LogP contribution in [0.25, 0.3) is 0 Å². The van der Waals surface area contributed by atoms with Gasteiger partial charge < -0.3 is 15.5 Å². The number of aliphatic carboxylic acids is 1. The van der Waals surface area contributed by atoms with Crippen molar-refractivity contribution in [1.82, 2.24) is 0 Å². The molecule has 1 aromatic rings. The van der Waals surface area contributed by atoms with Gasteiger partial charge in [-0.2, -0.15) is 0 Å². The summed E-state index contributed by atoms with van der Waals surface area (Å²) in [5.74, 6) is -3.15. The van der Waals surface area contributed by atoms with Crippen molar-refractivity contribution in [3.05, 3.63) is 40.9 Å². The highest BCUT2D eigenvalue weighted by Crippen LogP contribution is 2.23. The van der Waals surface area contributed by atoms with Crippen molar-refractivity contribution in [1.29, 1.82) is 0 Å². The highest BCUT2D eigenvalue weighted by Gasteiger charge is 2.08. The second-order valence-electron chi connectivity index (χ2n) is 3.16. The minimum atomic E-state index is -1.27. The number of carboxylic acids is 2. The first kappa shape index (κ1) is 13.7. The number of halogens is 1. The van der Waals surface area contributed by atoms with Gasteiger partial charge in [-0.25, -0.2) is 9.59 Å². The van der Waals surface area contributed by atoms with Gasteiger partial charge in [0.25, 0.3) is 0 Å². The molecule has 0 radical (unpaired) electrons. The fraction of sp³-hybridized carbons (Fsp3) is 0. The number of carbonyl (C=O) groups is 3. The van der Waals surface area contributed by atoms with Gasteiger partial charge >= 0.3 is 11.9 Å². The van der Waals surface area contributed by atoms with E-state index in [9.17, 15) is 14.4 Å². The average molecular weight is 270 g/mol. The quantitative estimate of drug-likeness (QED) is 0.721. The fourth-order valence-electron chi connectivity index (χ4n) is 1.08. The number of carboxylic acid groups (broad SMARTS) is 2. The third kappa shape index (κ3) is 3.91. The van der Waals surface area contributed by atoms with Gasteiger partial charge in [-0.1, -0.05) is 11.6 Å². The van der Waals surface area contributed by atoms with Crippen LogP contribution in [0.2, 0.25) is 5.02 Å².